The number of amides is 1. The molecule has 0 bridgehead atoms. The number of ether oxygens (including phenoxy) is 1. The van der Waals surface area contributed by atoms with Crippen LogP contribution in [0.1, 0.15) is 21.7 Å². The standard InChI is InChI=1S/C25H18N4O5S/c1-14-5-2-3-8-19(14)33-13-21-28-29-22(26)18(23(30)27-25(29)35-21)12-17-9-10-20(34-17)15-6-4-7-16(11-15)24(31)32/h2-12,26H,13H2,1H3,(H,31,32)/b18-12-,26-22?. The van der Waals surface area contributed by atoms with Crippen LogP contribution in [0.3, 0.4) is 0 Å². The summed E-state index contributed by atoms with van der Waals surface area (Å²) in [6.07, 6.45) is 1.43. The van der Waals surface area contributed by atoms with Gasteiger partial charge in [-0.25, -0.2) is 4.79 Å². The molecule has 0 saturated heterocycles. The van der Waals surface area contributed by atoms with Gasteiger partial charge in [0.05, 0.1) is 11.1 Å². The third-order valence-electron chi connectivity index (χ3n) is 5.25. The first-order valence-corrected chi connectivity index (χ1v) is 11.3. The van der Waals surface area contributed by atoms with Crippen LogP contribution in [-0.2, 0) is 4.79 Å². The van der Waals surface area contributed by atoms with E-state index < -0.39 is 11.9 Å². The van der Waals surface area contributed by atoms with Crippen molar-refractivity contribution >= 4 is 45.8 Å². The van der Waals surface area contributed by atoms with E-state index in [4.69, 9.17) is 14.6 Å². The largest absolute Gasteiger partial charge is 0.486 e. The number of amidine groups is 2. The molecule has 9 nitrogen and oxygen atoms in total. The average Bonchev–Trinajstić information content (AvgIpc) is 3.48. The minimum atomic E-state index is -1.04. The predicted molar refractivity (Wildman–Crippen MR) is 133 cm³/mol. The number of para-hydroxylation sites is 1. The molecule has 10 heteroatoms. The summed E-state index contributed by atoms with van der Waals surface area (Å²) in [4.78, 5) is 28.0. The number of aryl methyl sites for hydroxylation is 1. The van der Waals surface area contributed by atoms with Crippen molar-refractivity contribution in [2.24, 2.45) is 10.1 Å². The number of rotatable bonds is 6. The summed E-state index contributed by atoms with van der Waals surface area (Å²) < 4.78 is 11.6. The highest BCUT2D eigenvalue weighted by molar-refractivity contribution is 8.27. The molecule has 2 aromatic carbocycles. The fraction of sp³-hybridized carbons (Fsp3) is 0.0800. The summed E-state index contributed by atoms with van der Waals surface area (Å²) in [5.74, 6) is -0.240. The van der Waals surface area contributed by atoms with E-state index in [0.717, 1.165) is 11.3 Å². The van der Waals surface area contributed by atoms with Crippen molar-refractivity contribution in [2.45, 2.75) is 6.92 Å². The Morgan fingerprint density at radius 3 is 2.83 bits per heavy atom. The Morgan fingerprint density at radius 1 is 1.20 bits per heavy atom. The Balaban J connectivity index is 1.34. The number of carbonyl (C=O) groups excluding carboxylic acids is 1. The first-order chi connectivity index (χ1) is 16.9. The van der Waals surface area contributed by atoms with E-state index in [1.54, 1.807) is 24.3 Å². The fourth-order valence-corrected chi connectivity index (χ4v) is 4.28. The Labute approximate surface area is 203 Å². The van der Waals surface area contributed by atoms with Crippen molar-refractivity contribution in [3.8, 4) is 17.1 Å². The van der Waals surface area contributed by atoms with Crippen LogP contribution in [0.4, 0.5) is 0 Å². The number of carboxylic acid groups (broad SMARTS) is 1. The summed E-state index contributed by atoms with van der Waals surface area (Å²) in [6.45, 7) is 2.13. The molecule has 0 fully saturated rings. The lowest BCUT2D eigenvalue weighted by atomic mass is 10.1. The normalized spacial score (nSPS) is 16.3. The zero-order valence-corrected chi connectivity index (χ0v) is 19.2. The Hall–Kier alpha value is -4.44. The number of furan rings is 1. The number of carboxylic acids is 1. The number of aliphatic imine (C=N–C) groups is 1. The first kappa shape index (κ1) is 22.4. The highest BCUT2D eigenvalue weighted by Crippen LogP contribution is 2.30. The smallest absolute Gasteiger partial charge is 0.335 e. The van der Waals surface area contributed by atoms with Gasteiger partial charge in [0, 0.05) is 5.56 Å². The van der Waals surface area contributed by atoms with Gasteiger partial charge in [0.15, 0.2) is 5.84 Å². The molecule has 1 amide bonds. The predicted octanol–water partition coefficient (Wildman–Crippen LogP) is 4.65. The van der Waals surface area contributed by atoms with Crippen LogP contribution in [0.15, 0.2) is 80.7 Å². The van der Waals surface area contributed by atoms with E-state index in [1.807, 2.05) is 31.2 Å². The van der Waals surface area contributed by atoms with E-state index in [2.05, 4.69) is 10.1 Å². The molecule has 35 heavy (non-hydrogen) atoms. The second-order valence-electron chi connectivity index (χ2n) is 7.66. The molecule has 0 spiro atoms. The molecular formula is C25H18N4O5S. The Morgan fingerprint density at radius 2 is 2.03 bits per heavy atom. The zero-order valence-electron chi connectivity index (χ0n) is 18.4. The van der Waals surface area contributed by atoms with Crippen LogP contribution in [0.2, 0.25) is 0 Å². The van der Waals surface area contributed by atoms with Crippen molar-refractivity contribution in [2.75, 3.05) is 6.61 Å². The third kappa shape index (κ3) is 4.51. The Kier molecular flexibility index (Phi) is 5.79. The summed E-state index contributed by atoms with van der Waals surface area (Å²) in [5, 5.41) is 24.3. The lowest BCUT2D eigenvalue weighted by Crippen LogP contribution is -2.35. The topological polar surface area (TPSA) is 129 Å². The summed E-state index contributed by atoms with van der Waals surface area (Å²) >= 11 is 1.18. The van der Waals surface area contributed by atoms with Gasteiger partial charge >= 0.3 is 5.97 Å². The minimum absolute atomic E-state index is 0.0272. The zero-order chi connectivity index (χ0) is 24.5. The molecular weight excluding hydrogens is 468 g/mol. The second-order valence-corrected chi connectivity index (χ2v) is 8.70. The number of nitrogens with zero attached hydrogens (tertiary/aromatic N) is 3. The Bertz CT molecular complexity index is 1470. The highest BCUT2D eigenvalue weighted by Gasteiger charge is 2.36. The van der Waals surface area contributed by atoms with Crippen molar-refractivity contribution in [3.05, 3.63) is 83.1 Å². The van der Waals surface area contributed by atoms with Crippen LogP contribution in [-0.4, -0.2) is 44.6 Å². The lowest BCUT2D eigenvalue weighted by Gasteiger charge is -2.19. The summed E-state index contributed by atoms with van der Waals surface area (Å²) in [7, 11) is 0. The highest BCUT2D eigenvalue weighted by atomic mass is 32.2. The average molecular weight is 487 g/mol. The minimum Gasteiger partial charge on any atom is -0.486 e. The van der Waals surface area contributed by atoms with Gasteiger partial charge in [-0.2, -0.15) is 15.1 Å². The van der Waals surface area contributed by atoms with Crippen LogP contribution >= 0.6 is 11.8 Å². The van der Waals surface area contributed by atoms with Gasteiger partial charge in [-0.05, 0) is 60.7 Å². The number of hydrogen-bond acceptors (Lipinski definition) is 7. The first-order valence-electron chi connectivity index (χ1n) is 10.5. The maximum absolute atomic E-state index is 12.7. The van der Waals surface area contributed by atoms with E-state index in [-0.39, 0.29) is 23.6 Å². The number of carbonyl (C=O) groups is 2. The molecule has 0 saturated carbocycles. The van der Waals surface area contributed by atoms with Gasteiger partial charge in [-0.3, -0.25) is 10.2 Å². The van der Waals surface area contributed by atoms with Crippen LogP contribution in [0.25, 0.3) is 17.4 Å². The number of benzene rings is 2. The maximum atomic E-state index is 12.7. The molecule has 2 aliphatic rings. The maximum Gasteiger partial charge on any atom is 0.335 e. The van der Waals surface area contributed by atoms with E-state index in [9.17, 15) is 14.7 Å². The summed E-state index contributed by atoms with van der Waals surface area (Å²) in [6, 6.07) is 17.3. The van der Waals surface area contributed by atoms with Crippen LogP contribution < -0.4 is 4.74 Å². The third-order valence-corrected chi connectivity index (χ3v) is 6.13. The quantitative estimate of drug-likeness (QED) is 0.485. The number of hydrogen-bond donors (Lipinski definition) is 2. The number of aromatic carboxylic acids is 1. The van der Waals surface area contributed by atoms with Crippen molar-refractivity contribution in [1.82, 2.24) is 5.01 Å². The number of fused-ring (bicyclic) bond motifs is 1. The molecule has 3 aromatic rings. The van der Waals surface area contributed by atoms with E-state index in [1.165, 1.54) is 35.0 Å². The molecule has 3 heterocycles. The van der Waals surface area contributed by atoms with Crippen molar-refractivity contribution in [1.29, 1.82) is 5.41 Å². The molecule has 2 N–H and O–H groups in total. The molecule has 0 unspecified atom stereocenters. The number of thioether (sulfide) groups is 1. The van der Waals surface area contributed by atoms with E-state index >= 15 is 0 Å². The lowest BCUT2D eigenvalue weighted by molar-refractivity contribution is -0.114. The molecule has 0 radical (unpaired) electrons. The molecule has 1 aromatic heterocycles. The molecule has 174 valence electrons. The molecule has 5 rings (SSSR count). The molecule has 0 aliphatic carbocycles. The van der Waals surface area contributed by atoms with Gasteiger partial charge < -0.3 is 14.3 Å². The summed E-state index contributed by atoms with van der Waals surface area (Å²) in [5.41, 5.74) is 1.74. The number of nitrogens with one attached hydrogen (secondary N) is 1. The van der Waals surface area contributed by atoms with E-state index in [0.29, 0.717) is 27.3 Å². The van der Waals surface area contributed by atoms with Gasteiger partial charge in [0.2, 0.25) is 5.17 Å². The van der Waals surface area contributed by atoms with Crippen LogP contribution in [0, 0.1) is 12.3 Å². The molecule has 2 aliphatic heterocycles. The fourth-order valence-electron chi connectivity index (χ4n) is 3.48. The molecule has 0 atom stereocenters. The number of hydrazone groups is 1. The van der Waals surface area contributed by atoms with Gasteiger partial charge in [0.25, 0.3) is 5.91 Å². The van der Waals surface area contributed by atoms with Gasteiger partial charge in [0.1, 0.15) is 28.9 Å². The monoisotopic (exact) mass is 486 g/mol. The van der Waals surface area contributed by atoms with Gasteiger partial charge in [-0.15, -0.1) is 0 Å². The second kappa shape index (κ2) is 9.07. The van der Waals surface area contributed by atoms with Crippen molar-refractivity contribution < 1.29 is 23.8 Å². The van der Waals surface area contributed by atoms with Crippen molar-refractivity contribution in [3.63, 3.8) is 0 Å². The van der Waals surface area contributed by atoms with Crippen LogP contribution in [0.5, 0.6) is 5.75 Å². The van der Waals surface area contributed by atoms with Gasteiger partial charge in [-0.1, -0.05) is 30.3 Å². The SMILES string of the molecule is Cc1ccccc1OCC1=NN2C(=N)/C(=C/c3ccc(-c4cccc(C(=O)O)c4)o3)C(=O)N=C2S1.